The average molecular weight is 250 g/mol. The molecule has 0 aliphatic heterocycles. The molecule has 0 saturated carbocycles. The lowest BCUT2D eigenvalue weighted by Gasteiger charge is -2.21. The summed E-state index contributed by atoms with van der Waals surface area (Å²) in [5, 5.41) is 0. The second kappa shape index (κ2) is 5.89. The van der Waals surface area contributed by atoms with Crippen molar-refractivity contribution < 1.29 is 14.3 Å². The Kier molecular flexibility index (Phi) is 4.76. The van der Waals surface area contributed by atoms with E-state index < -0.39 is 5.60 Å². The Morgan fingerprint density at radius 1 is 1.33 bits per heavy atom. The minimum absolute atomic E-state index is 0.120. The fourth-order valence-corrected chi connectivity index (χ4v) is 1.70. The van der Waals surface area contributed by atoms with Gasteiger partial charge < -0.3 is 9.47 Å². The Bertz CT molecular complexity index is 404. The zero-order valence-corrected chi connectivity index (χ0v) is 11.8. The molecule has 0 spiro atoms. The van der Waals surface area contributed by atoms with Crippen LogP contribution in [0.5, 0.6) is 5.75 Å². The van der Waals surface area contributed by atoms with E-state index in [1.807, 2.05) is 52.0 Å². The molecule has 0 aliphatic carbocycles. The summed E-state index contributed by atoms with van der Waals surface area (Å²) in [7, 11) is 1.64. The first-order valence-corrected chi connectivity index (χ1v) is 6.17. The molecule has 3 nitrogen and oxygen atoms in total. The summed E-state index contributed by atoms with van der Waals surface area (Å²) in [6, 6.07) is 7.77. The number of hydrogen-bond acceptors (Lipinski definition) is 3. The van der Waals surface area contributed by atoms with Crippen LogP contribution in [-0.4, -0.2) is 18.7 Å². The van der Waals surface area contributed by atoms with Crippen molar-refractivity contribution in [3.8, 4) is 5.75 Å². The molecule has 0 N–H and O–H groups in total. The average Bonchev–Trinajstić information content (AvgIpc) is 2.26. The summed E-state index contributed by atoms with van der Waals surface area (Å²) in [4.78, 5) is 11.7. The largest absolute Gasteiger partial charge is 0.497 e. The number of ether oxygens (including phenoxy) is 2. The fraction of sp³-hybridized carbons (Fsp3) is 0.533. The van der Waals surface area contributed by atoms with Crippen LogP contribution in [0.3, 0.4) is 0 Å². The highest BCUT2D eigenvalue weighted by atomic mass is 16.6. The van der Waals surface area contributed by atoms with Crippen molar-refractivity contribution in [2.45, 2.75) is 45.6 Å². The summed E-state index contributed by atoms with van der Waals surface area (Å²) < 4.78 is 10.5. The van der Waals surface area contributed by atoms with Gasteiger partial charge in [-0.15, -0.1) is 0 Å². The normalized spacial score (nSPS) is 12.9. The van der Waals surface area contributed by atoms with E-state index in [1.54, 1.807) is 7.11 Å². The van der Waals surface area contributed by atoms with Gasteiger partial charge in [-0.3, -0.25) is 4.79 Å². The van der Waals surface area contributed by atoms with Crippen LogP contribution in [0.2, 0.25) is 0 Å². The Hall–Kier alpha value is -1.51. The number of rotatable bonds is 4. The summed E-state index contributed by atoms with van der Waals surface area (Å²) in [6.45, 7) is 7.64. The number of carbonyl (C=O) groups is 1. The van der Waals surface area contributed by atoms with Crippen LogP contribution in [0.4, 0.5) is 0 Å². The van der Waals surface area contributed by atoms with Gasteiger partial charge in [0.25, 0.3) is 0 Å². The lowest BCUT2D eigenvalue weighted by atomic mass is 9.97. The summed E-state index contributed by atoms with van der Waals surface area (Å²) in [6.07, 6.45) is 0.379. The quantitative estimate of drug-likeness (QED) is 0.767. The maximum atomic E-state index is 11.7. The van der Waals surface area contributed by atoms with Crippen LogP contribution in [0.1, 0.15) is 45.6 Å². The SMILES string of the molecule is COc1cccc(C(C)CC(=O)OC(C)(C)C)c1. The Morgan fingerprint density at radius 2 is 2.00 bits per heavy atom. The molecule has 0 amide bonds. The lowest BCUT2D eigenvalue weighted by Crippen LogP contribution is -2.24. The molecule has 1 aromatic carbocycles. The van der Waals surface area contributed by atoms with E-state index >= 15 is 0 Å². The highest BCUT2D eigenvalue weighted by Gasteiger charge is 2.19. The van der Waals surface area contributed by atoms with Gasteiger partial charge in [-0.1, -0.05) is 19.1 Å². The lowest BCUT2D eigenvalue weighted by molar-refractivity contribution is -0.155. The predicted molar refractivity (Wildman–Crippen MR) is 71.9 cm³/mol. The standard InChI is InChI=1S/C15H22O3/c1-11(9-14(16)18-15(2,3)4)12-7-6-8-13(10-12)17-5/h6-8,10-11H,9H2,1-5H3. The van der Waals surface area contributed by atoms with E-state index in [0.717, 1.165) is 11.3 Å². The molecule has 1 unspecified atom stereocenters. The number of esters is 1. The van der Waals surface area contributed by atoms with Gasteiger partial charge >= 0.3 is 5.97 Å². The molecule has 18 heavy (non-hydrogen) atoms. The monoisotopic (exact) mass is 250 g/mol. The summed E-state index contributed by atoms with van der Waals surface area (Å²) >= 11 is 0. The van der Waals surface area contributed by atoms with Gasteiger partial charge in [0.1, 0.15) is 11.4 Å². The molecule has 0 fully saturated rings. The molecule has 1 atom stereocenters. The molecule has 1 aromatic rings. The summed E-state index contributed by atoms with van der Waals surface area (Å²) in [5.41, 5.74) is 0.658. The van der Waals surface area contributed by atoms with Crippen molar-refractivity contribution in [3.63, 3.8) is 0 Å². The van der Waals surface area contributed by atoms with Crippen molar-refractivity contribution in [2.24, 2.45) is 0 Å². The number of carbonyl (C=O) groups excluding carboxylic acids is 1. The first-order valence-electron chi connectivity index (χ1n) is 6.17. The van der Waals surface area contributed by atoms with Gasteiger partial charge in [0.2, 0.25) is 0 Å². The fourth-order valence-electron chi connectivity index (χ4n) is 1.70. The van der Waals surface area contributed by atoms with E-state index in [2.05, 4.69) is 0 Å². The Morgan fingerprint density at radius 3 is 2.56 bits per heavy atom. The Labute approximate surface area is 109 Å². The smallest absolute Gasteiger partial charge is 0.306 e. The van der Waals surface area contributed by atoms with Gasteiger partial charge in [0.15, 0.2) is 0 Å². The van der Waals surface area contributed by atoms with Gasteiger partial charge in [-0.2, -0.15) is 0 Å². The highest BCUT2D eigenvalue weighted by Crippen LogP contribution is 2.24. The molecular weight excluding hydrogens is 228 g/mol. The second-order valence-electron chi connectivity index (χ2n) is 5.47. The molecule has 0 aromatic heterocycles. The molecule has 0 bridgehead atoms. The van der Waals surface area contributed by atoms with E-state index in [-0.39, 0.29) is 11.9 Å². The maximum Gasteiger partial charge on any atom is 0.306 e. The highest BCUT2D eigenvalue weighted by molar-refractivity contribution is 5.71. The first kappa shape index (κ1) is 14.6. The molecule has 0 aliphatic rings. The van der Waals surface area contributed by atoms with Crippen LogP contribution in [0.25, 0.3) is 0 Å². The second-order valence-corrected chi connectivity index (χ2v) is 5.47. The van der Waals surface area contributed by atoms with Crippen molar-refractivity contribution in [1.29, 1.82) is 0 Å². The molecule has 100 valence electrons. The van der Waals surface area contributed by atoms with E-state index in [1.165, 1.54) is 0 Å². The zero-order chi connectivity index (χ0) is 13.8. The maximum absolute atomic E-state index is 11.7. The van der Waals surface area contributed by atoms with Crippen LogP contribution >= 0.6 is 0 Å². The molecule has 0 radical (unpaired) electrons. The van der Waals surface area contributed by atoms with Crippen molar-refractivity contribution in [2.75, 3.05) is 7.11 Å². The van der Waals surface area contributed by atoms with Crippen LogP contribution in [0.15, 0.2) is 24.3 Å². The van der Waals surface area contributed by atoms with Crippen LogP contribution in [-0.2, 0) is 9.53 Å². The minimum Gasteiger partial charge on any atom is -0.497 e. The van der Waals surface area contributed by atoms with E-state index in [4.69, 9.17) is 9.47 Å². The molecule has 0 heterocycles. The Balaban J connectivity index is 2.64. The third kappa shape index (κ3) is 4.78. The number of methoxy groups -OCH3 is 1. The molecular formula is C15H22O3. The number of hydrogen-bond donors (Lipinski definition) is 0. The topological polar surface area (TPSA) is 35.5 Å². The minimum atomic E-state index is -0.425. The zero-order valence-electron chi connectivity index (χ0n) is 11.8. The predicted octanol–water partition coefficient (Wildman–Crippen LogP) is 3.53. The third-order valence-electron chi connectivity index (χ3n) is 2.56. The van der Waals surface area contributed by atoms with Crippen molar-refractivity contribution in [3.05, 3.63) is 29.8 Å². The van der Waals surface area contributed by atoms with Gasteiger partial charge in [-0.05, 0) is 44.4 Å². The van der Waals surface area contributed by atoms with Crippen molar-refractivity contribution >= 4 is 5.97 Å². The molecule has 3 heteroatoms. The van der Waals surface area contributed by atoms with E-state index in [9.17, 15) is 4.79 Å². The first-order chi connectivity index (χ1) is 8.31. The molecule has 0 saturated heterocycles. The van der Waals surface area contributed by atoms with Gasteiger partial charge in [0.05, 0.1) is 13.5 Å². The van der Waals surface area contributed by atoms with Gasteiger partial charge in [-0.25, -0.2) is 0 Å². The van der Waals surface area contributed by atoms with Crippen molar-refractivity contribution in [1.82, 2.24) is 0 Å². The van der Waals surface area contributed by atoms with Crippen LogP contribution in [0, 0.1) is 0 Å². The number of benzene rings is 1. The van der Waals surface area contributed by atoms with E-state index in [0.29, 0.717) is 6.42 Å². The van der Waals surface area contributed by atoms with Gasteiger partial charge in [0, 0.05) is 0 Å². The molecule has 1 rings (SSSR count). The summed E-state index contributed by atoms with van der Waals surface area (Å²) in [5.74, 6) is 0.760. The third-order valence-corrected chi connectivity index (χ3v) is 2.56. The van der Waals surface area contributed by atoms with Crippen LogP contribution < -0.4 is 4.74 Å².